The van der Waals surface area contributed by atoms with Crippen LogP contribution in [0.15, 0.2) is 71.2 Å². The van der Waals surface area contributed by atoms with E-state index < -0.39 is 0 Å². The summed E-state index contributed by atoms with van der Waals surface area (Å²) in [5.41, 5.74) is 11.1. The molecule has 0 fully saturated rings. The van der Waals surface area contributed by atoms with E-state index in [1.165, 1.54) is 70.2 Å². The summed E-state index contributed by atoms with van der Waals surface area (Å²) >= 11 is 4.69. The highest BCUT2D eigenvalue weighted by Crippen LogP contribution is 2.30. The molecule has 3 aromatic carbocycles. The van der Waals surface area contributed by atoms with Gasteiger partial charge in [0.2, 0.25) is 0 Å². The lowest BCUT2D eigenvalue weighted by Crippen LogP contribution is -1.99. The normalized spacial score (nSPS) is 12.1. The molecule has 3 aromatic rings. The lowest BCUT2D eigenvalue weighted by Gasteiger charge is -2.15. The summed E-state index contributed by atoms with van der Waals surface area (Å²) in [6, 6.07) is 21.7. The smallest absolute Gasteiger partial charge is 0.0739 e. The van der Waals surface area contributed by atoms with Gasteiger partial charge in [-0.1, -0.05) is 81.0 Å². The second-order valence-corrected chi connectivity index (χ2v) is 9.07. The highest BCUT2D eigenvalue weighted by Gasteiger charge is 2.11. The van der Waals surface area contributed by atoms with Gasteiger partial charge < -0.3 is 0 Å². The van der Waals surface area contributed by atoms with Crippen LogP contribution in [0.2, 0.25) is 0 Å². The number of benzene rings is 3. The molecule has 0 spiro atoms. The van der Waals surface area contributed by atoms with Crippen molar-refractivity contribution in [1.82, 2.24) is 0 Å². The maximum absolute atomic E-state index is 4.69. The molecule has 4 rings (SSSR count). The molecule has 1 nitrogen and oxygen atoms in total. The average molecular weight is 462 g/mol. The lowest BCUT2D eigenvalue weighted by molar-refractivity contribution is 0.717. The molecule has 0 heterocycles. The Morgan fingerprint density at radius 3 is 2.44 bits per heavy atom. The summed E-state index contributed by atoms with van der Waals surface area (Å²) in [6.07, 6.45) is 10.3. The van der Waals surface area contributed by atoms with Crippen LogP contribution in [-0.2, 0) is 19.3 Å². The molecule has 0 unspecified atom stereocenters. The van der Waals surface area contributed by atoms with E-state index in [1.54, 1.807) is 0 Å². The first-order chi connectivity index (χ1) is 16.7. The quantitative estimate of drug-likeness (QED) is 0.148. The van der Waals surface area contributed by atoms with Crippen molar-refractivity contribution in [3.8, 4) is 23.0 Å². The molecule has 0 amide bonds. The number of isothiocyanates is 1. The number of aliphatic imine (C=N–C) groups is 1. The first-order valence-electron chi connectivity index (χ1n) is 12.4. The predicted octanol–water partition coefficient (Wildman–Crippen LogP) is 8.76. The Labute approximate surface area is 209 Å². The number of thiocarbonyl (C=S) groups is 1. The minimum absolute atomic E-state index is 0.834. The first kappa shape index (κ1) is 23.9. The second-order valence-electron chi connectivity index (χ2n) is 8.89. The number of hydrogen-bond donors (Lipinski definition) is 0. The van der Waals surface area contributed by atoms with Crippen molar-refractivity contribution < 1.29 is 0 Å². The molecule has 1 aliphatic rings. The number of unbranched alkanes of at least 4 members (excludes halogenated alkanes) is 2. The van der Waals surface area contributed by atoms with Gasteiger partial charge in [0.05, 0.1) is 10.8 Å². The third-order valence-electron chi connectivity index (χ3n) is 6.49. The molecule has 0 atom stereocenters. The van der Waals surface area contributed by atoms with Crippen LogP contribution in [0.3, 0.4) is 0 Å². The Kier molecular flexibility index (Phi) is 8.26. The Hall–Kier alpha value is -3.24. The monoisotopic (exact) mass is 461 g/mol. The molecular formula is C32H31NS. The van der Waals surface area contributed by atoms with Crippen LogP contribution in [-0.4, -0.2) is 5.16 Å². The zero-order chi connectivity index (χ0) is 23.8. The zero-order valence-electron chi connectivity index (χ0n) is 20.2. The standard InChI is InChI=1S/C32H31NS/c1-3-5-6-7-24-8-11-27(26(4-2)20-24)12-9-25-10-13-31-22-30(15-14-29(31)21-25)28-16-18-32(19-17-28)33-23-34/h8,11,14-22H,3-7,10,13H2,1-2H3. The van der Waals surface area contributed by atoms with Gasteiger partial charge in [-0.05, 0) is 102 Å². The Morgan fingerprint density at radius 2 is 1.68 bits per heavy atom. The van der Waals surface area contributed by atoms with Gasteiger partial charge in [-0.15, -0.1) is 0 Å². The van der Waals surface area contributed by atoms with Crippen LogP contribution in [0.4, 0.5) is 5.69 Å². The van der Waals surface area contributed by atoms with Crippen molar-refractivity contribution in [1.29, 1.82) is 0 Å². The second kappa shape index (κ2) is 11.8. The molecule has 0 aliphatic heterocycles. The number of hydrogen-bond acceptors (Lipinski definition) is 2. The third-order valence-corrected chi connectivity index (χ3v) is 6.58. The van der Waals surface area contributed by atoms with Crippen LogP contribution in [0.25, 0.3) is 17.2 Å². The molecule has 0 aromatic heterocycles. The maximum atomic E-state index is 4.69. The van der Waals surface area contributed by atoms with E-state index in [-0.39, 0.29) is 0 Å². The van der Waals surface area contributed by atoms with Crippen LogP contribution in [0.1, 0.15) is 67.3 Å². The van der Waals surface area contributed by atoms with Crippen LogP contribution in [0.5, 0.6) is 0 Å². The lowest BCUT2D eigenvalue weighted by atomic mass is 9.89. The van der Waals surface area contributed by atoms with Gasteiger partial charge >= 0.3 is 0 Å². The summed E-state index contributed by atoms with van der Waals surface area (Å²) in [7, 11) is 0. The molecule has 0 bridgehead atoms. The van der Waals surface area contributed by atoms with Crippen molar-refractivity contribution in [2.24, 2.45) is 4.99 Å². The van der Waals surface area contributed by atoms with Gasteiger partial charge in [0, 0.05) is 11.1 Å². The van der Waals surface area contributed by atoms with Crippen molar-refractivity contribution in [3.05, 3.63) is 94.1 Å². The largest absolute Gasteiger partial charge is 0.195 e. The Morgan fingerprint density at radius 1 is 0.853 bits per heavy atom. The highest BCUT2D eigenvalue weighted by atomic mass is 32.1. The van der Waals surface area contributed by atoms with Crippen molar-refractivity contribution in [3.63, 3.8) is 0 Å². The molecule has 1 aliphatic carbocycles. The van der Waals surface area contributed by atoms with Gasteiger partial charge in [-0.25, -0.2) is 0 Å². The SMILES string of the molecule is CCCCCc1ccc(C#CC2=Cc3ccc(-c4ccc(N=C=S)cc4)cc3CC2)c(CC)c1. The van der Waals surface area contributed by atoms with E-state index >= 15 is 0 Å². The van der Waals surface area contributed by atoms with Gasteiger partial charge in [0.1, 0.15) is 0 Å². The van der Waals surface area contributed by atoms with Crippen LogP contribution in [0, 0.1) is 11.8 Å². The topological polar surface area (TPSA) is 12.4 Å². The fourth-order valence-corrected chi connectivity index (χ4v) is 4.60. The Bertz CT molecular complexity index is 1300. The Balaban J connectivity index is 1.51. The van der Waals surface area contributed by atoms with Crippen molar-refractivity contribution in [2.45, 2.75) is 58.8 Å². The molecular weight excluding hydrogens is 430 g/mol. The van der Waals surface area contributed by atoms with Crippen molar-refractivity contribution >= 4 is 29.1 Å². The van der Waals surface area contributed by atoms with E-state index in [9.17, 15) is 0 Å². The summed E-state index contributed by atoms with van der Waals surface area (Å²) in [6.45, 7) is 4.48. The minimum Gasteiger partial charge on any atom is -0.195 e. The van der Waals surface area contributed by atoms with E-state index in [2.05, 4.69) is 103 Å². The van der Waals surface area contributed by atoms with Gasteiger partial charge in [-0.3, -0.25) is 0 Å². The average Bonchev–Trinajstić information content (AvgIpc) is 2.88. The number of fused-ring (bicyclic) bond motifs is 1. The van der Waals surface area contributed by atoms with Crippen molar-refractivity contribution in [2.75, 3.05) is 0 Å². The summed E-state index contributed by atoms with van der Waals surface area (Å²) < 4.78 is 0. The summed E-state index contributed by atoms with van der Waals surface area (Å²) in [5.74, 6) is 6.95. The van der Waals surface area contributed by atoms with Crippen LogP contribution >= 0.6 is 12.2 Å². The summed E-state index contributed by atoms with van der Waals surface area (Å²) in [4.78, 5) is 4.03. The van der Waals surface area contributed by atoms with Crippen LogP contribution < -0.4 is 0 Å². The molecule has 0 saturated heterocycles. The molecule has 34 heavy (non-hydrogen) atoms. The first-order valence-corrected chi connectivity index (χ1v) is 12.8. The molecule has 0 radical (unpaired) electrons. The van der Waals surface area contributed by atoms with Gasteiger partial charge in [-0.2, -0.15) is 4.99 Å². The number of aryl methyl sites for hydroxylation is 3. The summed E-state index contributed by atoms with van der Waals surface area (Å²) in [5, 5.41) is 2.42. The molecule has 0 N–H and O–H groups in total. The van der Waals surface area contributed by atoms with E-state index in [0.717, 1.165) is 24.9 Å². The van der Waals surface area contributed by atoms with Gasteiger partial charge in [0.15, 0.2) is 0 Å². The number of allylic oxidation sites excluding steroid dienone is 1. The molecule has 2 heteroatoms. The third kappa shape index (κ3) is 6.00. The minimum atomic E-state index is 0.834. The molecule has 170 valence electrons. The maximum Gasteiger partial charge on any atom is 0.0739 e. The number of rotatable bonds is 7. The van der Waals surface area contributed by atoms with Gasteiger partial charge in [0.25, 0.3) is 0 Å². The van der Waals surface area contributed by atoms with E-state index in [1.807, 2.05) is 12.1 Å². The molecule has 0 saturated carbocycles. The fraction of sp³-hybridized carbons (Fsp3) is 0.281. The van der Waals surface area contributed by atoms with E-state index in [0.29, 0.717) is 0 Å². The highest BCUT2D eigenvalue weighted by molar-refractivity contribution is 7.78. The predicted molar refractivity (Wildman–Crippen MR) is 149 cm³/mol. The number of nitrogens with zero attached hydrogens (tertiary/aromatic N) is 1. The zero-order valence-corrected chi connectivity index (χ0v) is 21.0. The fourth-order valence-electron chi connectivity index (χ4n) is 4.50. The van der Waals surface area contributed by atoms with E-state index in [4.69, 9.17) is 0 Å².